The molecule has 3 N–H and O–H groups in total. The van der Waals surface area contributed by atoms with Gasteiger partial charge in [-0.2, -0.15) is 5.10 Å². The normalized spacial score (nSPS) is 11.2. The van der Waals surface area contributed by atoms with Crippen LogP contribution in [0.5, 0.6) is 0 Å². The number of fused-ring (bicyclic) bond motifs is 2. The minimum atomic E-state index is -0.430. The topological polar surface area (TPSA) is 125 Å². The van der Waals surface area contributed by atoms with Crippen molar-refractivity contribution in [1.82, 2.24) is 25.1 Å². The van der Waals surface area contributed by atoms with Gasteiger partial charge < -0.3 is 10.3 Å². The summed E-state index contributed by atoms with van der Waals surface area (Å²) < 4.78 is 0. The summed E-state index contributed by atoms with van der Waals surface area (Å²) in [6.07, 6.45) is 1.77. The van der Waals surface area contributed by atoms with E-state index in [-0.39, 0.29) is 5.69 Å². The molecular formula is C20H15N7O2. The van der Waals surface area contributed by atoms with Crippen molar-refractivity contribution in [3.63, 3.8) is 0 Å². The number of anilines is 1. The first-order chi connectivity index (χ1) is 14.2. The largest absolute Gasteiger partial charge is 0.379 e. The first-order valence-electron chi connectivity index (χ1n) is 8.94. The maximum Gasteiger partial charge on any atom is 0.271 e. The van der Waals surface area contributed by atoms with Crippen molar-refractivity contribution in [2.24, 2.45) is 0 Å². The highest BCUT2D eigenvalue weighted by Crippen LogP contribution is 2.29. The van der Waals surface area contributed by atoms with Gasteiger partial charge in [-0.1, -0.05) is 6.07 Å². The molecule has 2 aromatic carbocycles. The number of nitro groups is 1. The van der Waals surface area contributed by atoms with Crippen molar-refractivity contribution in [1.29, 1.82) is 0 Å². The van der Waals surface area contributed by atoms with Crippen LogP contribution < -0.4 is 5.32 Å². The zero-order valence-corrected chi connectivity index (χ0v) is 15.1. The molecule has 9 heteroatoms. The van der Waals surface area contributed by atoms with Gasteiger partial charge in [-0.25, -0.2) is 4.98 Å². The molecule has 3 aromatic heterocycles. The zero-order chi connectivity index (χ0) is 19.8. The fourth-order valence-electron chi connectivity index (χ4n) is 3.23. The summed E-state index contributed by atoms with van der Waals surface area (Å²) in [4.78, 5) is 22.7. The SMILES string of the molecule is O=[N+]([O-])c1ccc2c(-c3nc4ccc(NCc5ccccn5)cc4[nH]3)n[nH]c2c1. The van der Waals surface area contributed by atoms with E-state index in [1.54, 1.807) is 12.3 Å². The lowest BCUT2D eigenvalue weighted by Crippen LogP contribution is -2.00. The highest BCUT2D eigenvalue weighted by Gasteiger charge is 2.15. The standard InChI is InChI=1S/C20H15N7O2/c28-27(29)14-5-6-15-17(10-14)25-26-19(15)20-23-16-7-4-12(9-18(16)24-20)22-11-13-3-1-2-8-21-13/h1-10,22H,11H2,(H,23,24)(H,25,26). The van der Waals surface area contributed by atoms with Gasteiger partial charge >= 0.3 is 0 Å². The lowest BCUT2D eigenvalue weighted by molar-refractivity contribution is -0.384. The number of non-ortho nitro benzene ring substituents is 1. The molecule has 0 radical (unpaired) electrons. The van der Waals surface area contributed by atoms with Gasteiger partial charge in [0, 0.05) is 29.4 Å². The third-order valence-corrected chi connectivity index (χ3v) is 4.66. The molecule has 0 atom stereocenters. The van der Waals surface area contributed by atoms with E-state index in [1.165, 1.54) is 12.1 Å². The number of nitrogens with one attached hydrogen (secondary N) is 3. The minimum Gasteiger partial charge on any atom is -0.379 e. The molecule has 142 valence electrons. The predicted molar refractivity (Wildman–Crippen MR) is 109 cm³/mol. The number of nitrogens with zero attached hydrogens (tertiary/aromatic N) is 4. The van der Waals surface area contributed by atoms with E-state index in [1.807, 2.05) is 36.4 Å². The van der Waals surface area contributed by atoms with Crippen LogP contribution in [0, 0.1) is 10.1 Å². The second-order valence-electron chi connectivity index (χ2n) is 6.55. The van der Waals surface area contributed by atoms with Crippen LogP contribution in [0.2, 0.25) is 0 Å². The van der Waals surface area contributed by atoms with Crippen molar-refractivity contribution in [2.45, 2.75) is 6.54 Å². The average Bonchev–Trinajstić information content (AvgIpc) is 3.35. The van der Waals surface area contributed by atoms with Gasteiger partial charge in [-0.15, -0.1) is 0 Å². The van der Waals surface area contributed by atoms with E-state index in [0.717, 1.165) is 27.8 Å². The summed E-state index contributed by atoms with van der Waals surface area (Å²) >= 11 is 0. The third kappa shape index (κ3) is 3.14. The quantitative estimate of drug-likeness (QED) is 0.310. The molecule has 9 nitrogen and oxygen atoms in total. The molecule has 0 bridgehead atoms. The second-order valence-corrected chi connectivity index (χ2v) is 6.55. The molecule has 0 fully saturated rings. The fraction of sp³-hybridized carbons (Fsp3) is 0.0500. The van der Waals surface area contributed by atoms with Crippen LogP contribution in [0.25, 0.3) is 33.5 Å². The van der Waals surface area contributed by atoms with Gasteiger partial charge in [-0.05, 0) is 36.4 Å². The summed E-state index contributed by atoms with van der Waals surface area (Å²) in [5.41, 5.74) is 4.80. The highest BCUT2D eigenvalue weighted by atomic mass is 16.6. The molecule has 0 spiro atoms. The Labute approximate surface area is 164 Å². The van der Waals surface area contributed by atoms with Crippen LogP contribution in [0.1, 0.15) is 5.69 Å². The number of aromatic amines is 2. The molecular weight excluding hydrogens is 370 g/mol. The number of benzene rings is 2. The molecule has 0 amide bonds. The fourth-order valence-corrected chi connectivity index (χ4v) is 3.23. The number of pyridine rings is 1. The highest BCUT2D eigenvalue weighted by molar-refractivity contribution is 5.94. The van der Waals surface area contributed by atoms with E-state index in [4.69, 9.17) is 0 Å². The molecule has 5 aromatic rings. The van der Waals surface area contributed by atoms with Gasteiger partial charge in [0.1, 0.15) is 5.69 Å². The number of hydrogen-bond donors (Lipinski definition) is 3. The monoisotopic (exact) mass is 385 g/mol. The lowest BCUT2D eigenvalue weighted by Gasteiger charge is -2.05. The number of imidazole rings is 1. The zero-order valence-electron chi connectivity index (χ0n) is 15.1. The summed E-state index contributed by atoms with van der Waals surface area (Å²) in [5, 5.41) is 22.2. The van der Waals surface area contributed by atoms with E-state index in [2.05, 4.69) is 30.5 Å². The van der Waals surface area contributed by atoms with Crippen LogP contribution in [0.3, 0.4) is 0 Å². The molecule has 0 saturated carbocycles. The Hall–Kier alpha value is -4.27. The average molecular weight is 385 g/mol. The maximum atomic E-state index is 11.0. The van der Waals surface area contributed by atoms with Crippen molar-refractivity contribution in [3.05, 3.63) is 76.6 Å². The Morgan fingerprint density at radius 2 is 2.00 bits per heavy atom. The predicted octanol–water partition coefficient (Wildman–Crippen LogP) is 4.02. The summed E-state index contributed by atoms with van der Waals surface area (Å²) in [6.45, 7) is 0.621. The summed E-state index contributed by atoms with van der Waals surface area (Å²) in [5.74, 6) is 0.599. The molecule has 0 saturated heterocycles. The van der Waals surface area contributed by atoms with Crippen LogP contribution in [0.15, 0.2) is 60.8 Å². The van der Waals surface area contributed by atoms with Crippen molar-refractivity contribution in [2.75, 3.05) is 5.32 Å². The van der Waals surface area contributed by atoms with Crippen LogP contribution in [0.4, 0.5) is 11.4 Å². The molecule has 29 heavy (non-hydrogen) atoms. The molecule has 5 rings (SSSR count). The molecule has 0 unspecified atom stereocenters. The minimum absolute atomic E-state index is 0.0147. The van der Waals surface area contributed by atoms with E-state index in [9.17, 15) is 10.1 Å². The molecule has 0 aliphatic carbocycles. The molecule has 3 heterocycles. The lowest BCUT2D eigenvalue weighted by atomic mass is 10.2. The van der Waals surface area contributed by atoms with Gasteiger partial charge in [-0.3, -0.25) is 20.2 Å². The van der Waals surface area contributed by atoms with Crippen molar-refractivity contribution in [3.8, 4) is 11.5 Å². The number of H-pyrrole nitrogens is 2. The van der Waals surface area contributed by atoms with Gasteiger partial charge in [0.05, 0.1) is 33.7 Å². The van der Waals surface area contributed by atoms with E-state index >= 15 is 0 Å². The number of hydrogen-bond acceptors (Lipinski definition) is 6. The van der Waals surface area contributed by atoms with E-state index < -0.39 is 4.92 Å². The second kappa shape index (κ2) is 6.71. The summed E-state index contributed by atoms with van der Waals surface area (Å²) in [7, 11) is 0. The number of nitro benzene ring substituents is 1. The molecule has 0 aliphatic rings. The number of rotatable bonds is 5. The number of aromatic nitrogens is 5. The first kappa shape index (κ1) is 16.9. The third-order valence-electron chi connectivity index (χ3n) is 4.66. The van der Waals surface area contributed by atoms with Crippen LogP contribution in [-0.2, 0) is 6.54 Å². The Morgan fingerprint density at radius 3 is 2.83 bits per heavy atom. The van der Waals surface area contributed by atoms with Crippen molar-refractivity contribution >= 4 is 33.3 Å². The Morgan fingerprint density at radius 1 is 1.07 bits per heavy atom. The Balaban J connectivity index is 1.45. The first-order valence-corrected chi connectivity index (χ1v) is 8.94. The van der Waals surface area contributed by atoms with Crippen LogP contribution >= 0.6 is 0 Å². The van der Waals surface area contributed by atoms with Gasteiger partial charge in [0.25, 0.3) is 5.69 Å². The summed E-state index contributed by atoms with van der Waals surface area (Å²) in [6, 6.07) is 16.3. The van der Waals surface area contributed by atoms with E-state index in [0.29, 0.717) is 23.6 Å². The molecule has 0 aliphatic heterocycles. The van der Waals surface area contributed by atoms with Crippen molar-refractivity contribution < 1.29 is 4.92 Å². The Kier molecular flexibility index (Phi) is 3.91. The van der Waals surface area contributed by atoms with Gasteiger partial charge in [0.2, 0.25) is 0 Å². The maximum absolute atomic E-state index is 11.0. The smallest absolute Gasteiger partial charge is 0.271 e. The van der Waals surface area contributed by atoms with Crippen LogP contribution in [-0.4, -0.2) is 30.1 Å². The Bertz CT molecular complexity index is 1340. The van der Waals surface area contributed by atoms with Gasteiger partial charge in [0.15, 0.2) is 5.82 Å².